The topological polar surface area (TPSA) is 56.6 Å². The maximum absolute atomic E-state index is 9.56. The lowest BCUT2D eigenvalue weighted by Crippen LogP contribution is -2.21. The van der Waals surface area contributed by atoms with Crippen molar-refractivity contribution in [1.29, 1.82) is 0 Å². The summed E-state index contributed by atoms with van der Waals surface area (Å²) in [4.78, 5) is 6.97. The fourth-order valence-electron chi connectivity index (χ4n) is 2.98. The largest absolute Gasteiger partial charge is 0.396 e. The van der Waals surface area contributed by atoms with Crippen LogP contribution in [-0.2, 0) is 6.61 Å². The third-order valence-electron chi connectivity index (χ3n) is 4.11. The maximum Gasteiger partial charge on any atom is 0.129 e. The normalized spacial score (nSPS) is 18.9. The van der Waals surface area contributed by atoms with Gasteiger partial charge in [-0.2, -0.15) is 0 Å². The Morgan fingerprint density at radius 1 is 1.25 bits per heavy atom. The highest BCUT2D eigenvalue weighted by molar-refractivity contribution is 5.84. The van der Waals surface area contributed by atoms with Crippen molar-refractivity contribution in [3.8, 4) is 0 Å². The molecule has 106 valence electrons. The van der Waals surface area contributed by atoms with Crippen LogP contribution in [0.15, 0.2) is 30.3 Å². The first-order chi connectivity index (χ1) is 9.81. The van der Waals surface area contributed by atoms with E-state index in [2.05, 4.69) is 4.90 Å². The van der Waals surface area contributed by atoms with E-state index in [9.17, 15) is 5.11 Å². The second-order valence-corrected chi connectivity index (χ2v) is 5.43. The summed E-state index contributed by atoms with van der Waals surface area (Å²) in [6, 6.07) is 9.91. The van der Waals surface area contributed by atoms with Gasteiger partial charge < -0.3 is 15.1 Å². The molecular weight excluding hydrogens is 252 g/mol. The zero-order valence-corrected chi connectivity index (χ0v) is 11.5. The van der Waals surface area contributed by atoms with Crippen molar-refractivity contribution in [3.63, 3.8) is 0 Å². The van der Waals surface area contributed by atoms with Crippen LogP contribution in [-0.4, -0.2) is 34.9 Å². The summed E-state index contributed by atoms with van der Waals surface area (Å²) >= 11 is 0. The van der Waals surface area contributed by atoms with Crippen LogP contribution in [0.2, 0.25) is 0 Å². The average Bonchev–Trinajstić information content (AvgIpc) is 2.95. The van der Waals surface area contributed by atoms with Gasteiger partial charge in [0.25, 0.3) is 0 Å². The highest BCUT2D eigenvalue weighted by atomic mass is 16.3. The number of hydrogen-bond acceptors (Lipinski definition) is 4. The Bertz CT molecular complexity index is 600. The van der Waals surface area contributed by atoms with E-state index in [0.29, 0.717) is 5.92 Å². The number of fused-ring (bicyclic) bond motifs is 1. The molecule has 0 radical (unpaired) electrons. The number of rotatable bonds is 4. The number of pyridine rings is 1. The molecule has 2 aromatic rings. The molecule has 1 saturated heterocycles. The SMILES string of the molecule is OCCC1CCN(c2cc(CO)c3ccccc3n2)C1. The molecule has 1 aliphatic heterocycles. The minimum Gasteiger partial charge on any atom is -0.396 e. The number of anilines is 1. The van der Waals surface area contributed by atoms with Crippen molar-refractivity contribution in [1.82, 2.24) is 4.98 Å². The molecule has 1 aromatic carbocycles. The highest BCUT2D eigenvalue weighted by Crippen LogP contribution is 2.28. The van der Waals surface area contributed by atoms with E-state index < -0.39 is 0 Å². The Morgan fingerprint density at radius 3 is 2.90 bits per heavy atom. The van der Waals surface area contributed by atoms with E-state index in [4.69, 9.17) is 10.1 Å². The molecule has 0 amide bonds. The fraction of sp³-hybridized carbons (Fsp3) is 0.438. The van der Waals surface area contributed by atoms with Gasteiger partial charge in [0.1, 0.15) is 5.82 Å². The lowest BCUT2D eigenvalue weighted by atomic mass is 10.1. The first-order valence-electron chi connectivity index (χ1n) is 7.17. The third kappa shape index (κ3) is 2.49. The first kappa shape index (κ1) is 13.3. The summed E-state index contributed by atoms with van der Waals surface area (Å²) in [5.74, 6) is 1.49. The van der Waals surface area contributed by atoms with Gasteiger partial charge in [0.15, 0.2) is 0 Å². The zero-order chi connectivity index (χ0) is 13.9. The number of nitrogens with zero attached hydrogens (tertiary/aromatic N) is 2. The number of aromatic nitrogens is 1. The number of aliphatic hydroxyl groups is 2. The summed E-state index contributed by atoms with van der Waals surface area (Å²) in [5, 5.41) is 19.6. The van der Waals surface area contributed by atoms with Crippen LogP contribution in [0, 0.1) is 5.92 Å². The third-order valence-corrected chi connectivity index (χ3v) is 4.11. The van der Waals surface area contributed by atoms with Gasteiger partial charge >= 0.3 is 0 Å². The van der Waals surface area contributed by atoms with Crippen molar-refractivity contribution in [2.75, 3.05) is 24.6 Å². The Kier molecular flexibility index (Phi) is 3.85. The van der Waals surface area contributed by atoms with Crippen molar-refractivity contribution >= 4 is 16.7 Å². The van der Waals surface area contributed by atoms with E-state index in [1.165, 1.54) is 0 Å². The number of aliphatic hydroxyl groups excluding tert-OH is 2. The molecule has 1 atom stereocenters. The quantitative estimate of drug-likeness (QED) is 0.893. The van der Waals surface area contributed by atoms with E-state index in [1.54, 1.807) is 0 Å². The molecule has 1 fully saturated rings. The van der Waals surface area contributed by atoms with Crippen molar-refractivity contribution in [2.45, 2.75) is 19.4 Å². The monoisotopic (exact) mass is 272 g/mol. The second kappa shape index (κ2) is 5.77. The summed E-state index contributed by atoms with van der Waals surface area (Å²) in [5.41, 5.74) is 1.86. The van der Waals surface area contributed by atoms with Crippen molar-refractivity contribution < 1.29 is 10.2 Å². The Morgan fingerprint density at radius 2 is 2.10 bits per heavy atom. The Hall–Kier alpha value is -1.65. The highest BCUT2D eigenvalue weighted by Gasteiger charge is 2.23. The van der Waals surface area contributed by atoms with Crippen LogP contribution in [0.5, 0.6) is 0 Å². The predicted molar refractivity (Wildman–Crippen MR) is 79.7 cm³/mol. The van der Waals surface area contributed by atoms with Gasteiger partial charge in [-0.1, -0.05) is 18.2 Å². The number of benzene rings is 1. The van der Waals surface area contributed by atoms with E-state index in [-0.39, 0.29) is 13.2 Å². The summed E-state index contributed by atoms with van der Waals surface area (Å²) in [6.07, 6.45) is 1.96. The predicted octanol–water partition coefficient (Wildman–Crippen LogP) is 1.94. The van der Waals surface area contributed by atoms with Crippen LogP contribution < -0.4 is 4.90 Å². The first-order valence-corrected chi connectivity index (χ1v) is 7.17. The Labute approximate surface area is 118 Å². The second-order valence-electron chi connectivity index (χ2n) is 5.43. The van der Waals surface area contributed by atoms with E-state index in [0.717, 1.165) is 48.2 Å². The van der Waals surface area contributed by atoms with Crippen LogP contribution >= 0.6 is 0 Å². The molecule has 0 bridgehead atoms. The van der Waals surface area contributed by atoms with Gasteiger partial charge in [-0.25, -0.2) is 4.98 Å². The van der Waals surface area contributed by atoms with Gasteiger partial charge in [0.05, 0.1) is 12.1 Å². The average molecular weight is 272 g/mol. The minimum atomic E-state index is 0.0317. The van der Waals surface area contributed by atoms with Gasteiger partial charge in [-0.15, -0.1) is 0 Å². The van der Waals surface area contributed by atoms with Crippen molar-refractivity contribution in [2.24, 2.45) is 5.92 Å². The fourth-order valence-corrected chi connectivity index (χ4v) is 2.98. The molecule has 0 spiro atoms. The lowest BCUT2D eigenvalue weighted by Gasteiger charge is -2.19. The molecule has 4 nitrogen and oxygen atoms in total. The molecular formula is C16H20N2O2. The standard InChI is InChI=1S/C16H20N2O2/c19-8-6-12-5-7-18(10-12)16-9-13(11-20)14-3-1-2-4-15(14)17-16/h1-4,9,12,19-20H,5-8,10-11H2. The smallest absolute Gasteiger partial charge is 0.129 e. The van der Waals surface area contributed by atoms with E-state index in [1.807, 2.05) is 30.3 Å². The van der Waals surface area contributed by atoms with Crippen LogP contribution in [0.3, 0.4) is 0 Å². The van der Waals surface area contributed by atoms with E-state index >= 15 is 0 Å². The van der Waals surface area contributed by atoms with Crippen LogP contribution in [0.1, 0.15) is 18.4 Å². The Balaban J connectivity index is 1.92. The number of para-hydroxylation sites is 1. The van der Waals surface area contributed by atoms with Gasteiger partial charge in [0.2, 0.25) is 0 Å². The minimum absolute atomic E-state index is 0.0317. The molecule has 2 heterocycles. The lowest BCUT2D eigenvalue weighted by molar-refractivity contribution is 0.263. The molecule has 0 aliphatic carbocycles. The molecule has 0 saturated carbocycles. The van der Waals surface area contributed by atoms with Crippen LogP contribution in [0.25, 0.3) is 10.9 Å². The van der Waals surface area contributed by atoms with Crippen LogP contribution in [0.4, 0.5) is 5.82 Å². The molecule has 3 rings (SSSR count). The van der Waals surface area contributed by atoms with Crippen molar-refractivity contribution in [3.05, 3.63) is 35.9 Å². The van der Waals surface area contributed by atoms with Gasteiger partial charge in [-0.3, -0.25) is 0 Å². The molecule has 20 heavy (non-hydrogen) atoms. The molecule has 2 N–H and O–H groups in total. The number of hydrogen-bond donors (Lipinski definition) is 2. The zero-order valence-electron chi connectivity index (χ0n) is 11.5. The molecule has 1 aliphatic rings. The van der Waals surface area contributed by atoms with Gasteiger partial charge in [0, 0.05) is 25.1 Å². The molecule has 4 heteroatoms. The molecule has 1 aromatic heterocycles. The summed E-state index contributed by atoms with van der Waals surface area (Å²) < 4.78 is 0. The van der Waals surface area contributed by atoms with Gasteiger partial charge in [-0.05, 0) is 36.5 Å². The molecule has 1 unspecified atom stereocenters. The summed E-state index contributed by atoms with van der Waals surface area (Å²) in [6.45, 7) is 2.20. The maximum atomic E-state index is 9.56. The summed E-state index contributed by atoms with van der Waals surface area (Å²) in [7, 11) is 0.